The van der Waals surface area contributed by atoms with Crippen LogP contribution in [0.3, 0.4) is 0 Å². The summed E-state index contributed by atoms with van der Waals surface area (Å²) >= 11 is 0. The Hall–Kier alpha value is -3.04. The number of carbonyl (C=O) groups excluding carboxylic acids is 2. The topological polar surface area (TPSA) is 132 Å². The van der Waals surface area contributed by atoms with Gasteiger partial charge < -0.3 is 21.5 Å². The molecule has 1 unspecified atom stereocenters. The molecular weight excluding hydrogens is 432 g/mol. The summed E-state index contributed by atoms with van der Waals surface area (Å²) in [7, 11) is 1.64. The van der Waals surface area contributed by atoms with E-state index in [9.17, 15) is 14.7 Å². The third-order valence-corrected chi connectivity index (χ3v) is 6.54. The maximum Gasteiger partial charge on any atom is 0.267 e. The summed E-state index contributed by atoms with van der Waals surface area (Å²) in [4.78, 5) is 34.8. The van der Waals surface area contributed by atoms with Crippen LogP contribution in [0.15, 0.2) is 46.0 Å². The van der Waals surface area contributed by atoms with E-state index in [0.29, 0.717) is 25.2 Å². The molecule has 2 amide bonds. The molecule has 1 heterocycles. The average molecular weight is 469 g/mol. The molecule has 34 heavy (non-hydrogen) atoms. The van der Waals surface area contributed by atoms with E-state index in [0.717, 1.165) is 32.4 Å². The van der Waals surface area contributed by atoms with Crippen molar-refractivity contribution in [1.82, 2.24) is 15.5 Å². The van der Waals surface area contributed by atoms with Crippen LogP contribution in [0, 0.1) is 5.92 Å². The minimum absolute atomic E-state index is 0.0185. The molecule has 1 fully saturated rings. The lowest BCUT2D eigenvalue weighted by atomic mass is 9.86. The fraction of sp³-hybridized carbons (Fsp3) is 0.520. The van der Waals surface area contributed by atoms with Crippen molar-refractivity contribution in [2.24, 2.45) is 21.6 Å². The van der Waals surface area contributed by atoms with Crippen molar-refractivity contribution in [2.75, 3.05) is 26.7 Å². The van der Waals surface area contributed by atoms with E-state index in [4.69, 9.17) is 5.73 Å². The van der Waals surface area contributed by atoms with Gasteiger partial charge in [-0.1, -0.05) is 24.3 Å². The lowest BCUT2D eigenvalue weighted by molar-refractivity contribution is -0.122. The molecule has 184 valence electrons. The van der Waals surface area contributed by atoms with Gasteiger partial charge in [0, 0.05) is 45.2 Å². The smallest absolute Gasteiger partial charge is 0.267 e. The molecule has 1 aliphatic heterocycles. The number of rotatable bonds is 9. The van der Waals surface area contributed by atoms with Gasteiger partial charge in [0.2, 0.25) is 5.91 Å². The Morgan fingerprint density at radius 1 is 1.26 bits per heavy atom. The van der Waals surface area contributed by atoms with E-state index in [2.05, 4.69) is 50.4 Å². The third kappa shape index (κ3) is 7.23. The van der Waals surface area contributed by atoms with Crippen LogP contribution >= 0.6 is 0 Å². The van der Waals surface area contributed by atoms with Gasteiger partial charge in [-0.15, -0.1) is 0 Å². The Bertz CT molecular complexity index is 936. The van der Waals surface area contributed by atoms with Gasteiger partial charge >= 0.3 is 0 Å². The molecule has 0 aromatic heterocycles. The van der Waals surface area contributed by atoms with E-state index in [1.165, 1.54) is 11.1 Å². The van der Waals surface area contributed by atoms with Crippen LogP contribution < -0.4 is 16.4 Å². The van der Waals surface area contributed by atoms with Crippen molar-refractivity contribution in [1.29, 1.82) is 0 Å². The number of primary amides is 1. The Morgan fingerprint density at radius 3 is 2.62 bits per heavy atom. The number of hydrogen-bond donors (Lipinski definition) is 4. The van der Waals surface area contributed by atoms with E-state index < -0.39 is 6.10 Å². The first-order chi connectivity index (χ1) is 16.4. The zero-order valence-corrected chi connectivity index (χ0v) is 19.9. The van der Waals surface area contributed by atoms with E-state index in [-0.39, 0.29) is 36.0 Å². The molecule has 1 aromatic carbocycles. The molecule has 1 saturated carbocycles. The molecule has 9 heteroatoms. The average Bonchev–Trinajstić information content (AvgIpc) is 2.85. The van der Waals surface area contributed by atoms with Gasteiger partial charge in [-0.25, -0.2) is 4.99 Å². The molecule has 2 aliphatic rings. The van der Waals surface area contributed by atoms with Gasteiger partial charge in [0.15, 0.2) is 0 Å². The van der Waals surface area contributed by atoms with Crippen molar-refractivity contribution in [3.63, 3.8) is 0 Å². The first-order valence-corrected chi connectivity index (χ1v) is 11.9. The third-order valence-electron chi connectivity index (χ3n) is 6.54. The van der Waals surface area contributed by atoms with Crippen molar-refractivity contribution < 1.29 is 14.7 Å². The van der Waals surface area contributed by atoms with Crippen molar-refractivity contribution >= 4 is 24.4 Å². The number of nitrogens with zero attached hydrogens (tertiary/aromatic N) is 3. The van der Waals surface area contributed by atoms with E-state index >= 15 is 0 Å². The summed E-state index contributed by atoms with van der Waals surface area (Å²) in [6.07, 6.45) is 4.73. The van der Waals surface area contributed by atoms with Crippen LogP contribution in [0.4, 0.5) is 0 Å². The first-order valence-electron chi connectivity index (χ1n) is 11.9. The largest absolute Gasteiger partial charge is 0.390 e. The van der Waals surface area contributed by atoms with Gasteiger partial charge in [-0.2, -0.15) is 0 Å². The predicted molar refractivity (Wildman–Crippen MR) is 134 cm³/mol. The van der Waals surface area contributed by atoms with Crippen LogP contribution in [0.5, 0.6) is 0 Å². The number of amidine groups is 1. The van der Waals surface area contributed by atoms with E-state index in [1.807, 2.05) is 6.07 Å². The Balaban J connectivity index is 1.50. The molecule has 1 atom stereocenters. The second kappa shape index (κ2) is 12.4. The number of β-amino-alcohol motifs (C(OH)–C–C–N with tert-alkyl or cyclic N) is 1. The summed E-state index contributed by atoms with van der Waals surface area (Å²) in [5, 5.41) is 16.1. The van der Waals surface area contributed by atoms with Gasteiger partial charge in [0.05, 0.1) is 12.1 Å². The highest BCUT2D eigenvalue weighted by atomic mass is 16.3. The second-order valence-corrected chi connectivity index (χ2v) is 8.98. The molecular formula is C25H36N6O3. The van der Waals surface area contributed by atoms with Crippen molar-refractivity contribution in [3.05, 3.63) is 47.2 Å². The van der Waals surface area contributed by atoms with Crippen LogP contribution in [0.1, 0.15) is 36.8 Å². The van der Waals surface area contributed by atoms with E-state index in [1.54, 1.807) is 13.1 Å². The molecule has 3 rings (SSSR count). The molecule has 0 bridgehead atoms. The predicted octanol–water partition coefficient (Wildman–Crippen LogP) is 0.768. The number of carbonyl (C=O) groups is 2. The second-order valence-electron chi connectivity index (χ2n) is 8.98. The number of aliphatic imine (C=N–C) groups is 2. The number of amides is 2. The first kappa shape index (κ1) is 25.6. The standard InChI is InChI=1S/C25H36N6O3/c1-27-22(13-23(28-2)30-20-9-7-18(8-10-20)24(26)33)25(34)29-14-21(32)16-31-12-11-17-5-3-4-6-19(17)15-31/h3-6,13,18,20-21,27,32H,2,7-12,14-16H2,1H3,(H2,26,33)(H,29,34). The number of likely N-dealkylation sites (N-methyl/N-ethyl adjacent to an activating group) is 1. The van der Waals surface area contributed by atoms with Crippen molar-refractivity contribution in [3.8, 4) is 0 Å². The minimum Gasteiger partial charge on any atom is -0.390 e. The highest BCUT2D eigenvalue weighted by Gasteiger charge is 2.24. The van der Waals surface area contributed by atoms with Gasteiger partial charge in [-0.05, 0) is 49.9 Å². The Morgan fingerprint density at radius 2 is 1.97 bits per heavy atom. The SMILES string of the molecule is C=NC(C=C(NC)C(=O)NCC(O)CN1CCc2ccccc2C1)=NC1CCC(C(N)=O)CC1. The molecule has 0 radical (unpaired) electrons. The lowest BCUT2D eigenvalue weighted by Gasteiger charge is -2.30. The molecule has 1 aromatic rings. The normalized spacial score (nSPS) is 22.4. The monoisotopic (exact) mass is 468 g/mol. The zero-order chi connectivity index (χ0) is 24.5. The Labute approximate surface area is 201 Å². The number of benzene rings is 1. The van der Waals surface area contributed by atoms with Crippen LogP contribution in [-0.4, -0.2) is 73.2 Å². The fourth-order valence-corrected chi connectivity index (χ4v) is 4.56. The molecule has 1 aliphatic carbocycles. The summed E-state index contributed by atoms with van der Waals surface area (Å²) in [5.74, 6) is -0.341. The van der Waals surface area contributed by atoms with Crippen LogP contribution in [-0.2, 0) is 22.6 Å². The van der Waals surface area contributed by atoms with Crippen molar-refractivity contribution in [2.45, 2.75) is 50.8 Å². The number of aliphatic hydroxyl groups excluding tert-OH is 1. The maximum atomic E-state index is 12.7. The van der Waals surface area contributed by atoms with Gasteiger partial charge in [-0.3, -0.25) is 19.5 Å². The molecule has 0 spiro atoms. The van der Waals surface area contributed by atoms with Crippen LogP contribution in [0.2, 0.25) is 0 Å². The quantitative estimate of drug-likeness (QED) is 0.241. The Kier molecular flexibility index (Phi) is 9.35. The maximum absolute atomic E-state index is 12.7. The summed E-state index contributed by atoms with van der Waals surface area (Å²) in [5.41, 5.74) is 8.33. The number of fused-ring (bicyclic) bond motifs is 1. The number of hydrogen-bond acceptors (Lipinski definition) is 6. The fourth-order valence-electron chi connectivity index (χ4n) is 4.56. The molecule has 5 N–H and O–H groups in total. The molecule has 9 nitrogen and oxygen atoms in total. The number of nitrogens with two attached hydrogens (primary N) is 1. The zero-order valence-electron chi connectivity index (χ0n) is 19.9. The molecule has 0 saturated heterocycles. The summed E-state index contributed by atoms with van der Waals surface area (Å²) in [6.45, 7) is 5.88. The minimum atomic E-state index is -0.682. The summed E-state index contributed by atoms with van der Waals surface area (Å²) in [6, 6.07) is 8.38. The number of nitrogens with one attached hydrogen (secondary N) is 2. The van der Waals surface area contributed by atoms with Gasteiger partial charge in [0.1, 0.15) is 11.5 Å². The number of aliphatic hydroxyl groups is 1. The summed E-state index contributed by atoms with van der Waals surface area (Å²) < 4.78 is 0. The van der Waals surface area contributed by atoms with Gasteiger partial charge in [0.25, 0.3) is 5.91 Å². The van der Waals surface area contributed by atoms with Crippen LogP contribution in [0.25, 0.3) is 0 Å². The highest BCUT2D eigenvalue weighted by molar-refractivity contribution is 6.04. The highest BCUT2D eigenvalue weighted by Crippen LogP contribution is 2.26. The lowest BCUT2D eigenvalue weighted by Crippen LogP contribution is -2.43.